The number of aromatic amines is 1. The Hall–Kier alpha value is -4.52. The summed E-state index contributed by atoms with van der Waals surface area (Å²) < 4.78 is 42.1. The highest BCUT2D eigenvalue weighted by Crippen LogP contribution is 2.43. The number of carbonyl (C=O) groups is 2. The van der Waals surface area contributed by atoms with Gasteiger partial charge in [0.1, 0.15) is 26.9 Å². The fourth-order valence-corrected chi connectivity index (χ4v) is 5.00. The summed E-state index contributed by atoms with van der Waals surface area (Å²) in [7, 11) is 1.69. The van der Waals surface area contributed by atoms with E-state index in [1.807, 2.05) is 0 Å². The number of nitrogens with two attached hydrogens (primary N) is 1. The summed E-state index contributed by atoms with van der Waals surface area (Å²) >= 11 is 0.803. The number of aromatic nitrogens is 5. The number of nitrogens with zero attached hydrogens (tertiary/aromatic N) is 4. The maximum Gasteiger partial charge on any atom is 0.280 e. The molecular formula is C24H18F3N7O2S. The number of alkyl halides is 2. The van der Waals surface area contributed by atoms with Crippen LogP contribution in [0.4, 0.5) is 18.9 Å². The molecule has 1 aromatic carbocycles. The molecule has 0 aliphatic heterocycles. The Morgan fingerprint density at radius 3 is 2.51 bits per heavy atom. The number of primary amides is 1. The second kappa shape index (κ2) is 9.17. The van der Waals surface area contributed by atoms with Crippen molar-refractivity contribution >= 4 is 39.1 Å². The molecule has 2 amide bonds. The number of hydrogen-bond donors (Lipinski definition) is 3. The number of nitrogens with one attached hydrogen (secondary N) is 2. The van der Waals surface area contributed by atoms with Crippen LogP contribution in [0.5, 0.6) is 0 Å². The molecule has 5 aromatic rings. The zero-order valence-electron chi connectivity index (χ0n) is 19.3. The Morgan fingerprint density at radius 1 is 1.16 bits per heavy atom. The Bertz CT molecular complexity index is 1670. The van der Waals surface area contributed by atoms with Gasteiger partial charge in [0.05, 0.1) is 17.1 Å². The molecule has 0 aliphatic rings. The molecule has 0 aliphatic carbocycles. The SMILES string of the molecule is Cc1nn(C)cc1-c1cc(C(F)F)nc2sc(C(N)=O)c(NC(=O)c3cc(-c4ccc(F)cc4)n[nH]3)c12. The van der Waals surface area contributed by atoms with Gasteiger partial charge in [0.2, 0.25) is 0 Å². The number of pyridine rings is 1. The van der Waals surface area contributed by atoms with Gasteiger partial charge in [0, 0.05) is 29.8 Å². The van der Waals surface area contributed by atoms with E-state index in [1.165, 1.54) is 41.1 Å². The predicted molar refractivity (Wildman–Crippen MR) is 132 cm³/mol. The largest absolute Gasteiger partial charge is 0.365 e. The number of H-pyrrole nitrogens is 1. The zero-order valence-corrected chi connectivity index (χ0v) is 20.2. The van der Waals surface area contributed by atoms with Crippen molar-refractivity contribution < 1.29 is 22.8 Å². The summed E-state index contributed by atoms with van der Waals surface area (Å²) in [6, 6.07) is 8.23. The minimum atomic E-state index is -2.87. The van der Waals surface area contributed by atoms with Gasteiger partial charge in [-0.2, -0.15) is 10.2 Å². The van der Waals surface area contributed by atoms with Crippen molar-refractivity contribution in [2.45, 2.75) is 13.3 Å². The van der Waals surface area contributed by atoms with E-state index in [0.717, 1.165) is 11.3 Å². The van der Waals surface area contributed by atoms with Gasteiger partial charge in [-0.15, -0.1) is 11.3 Å². The van der Waals surface area contributed by atoms with Gasteiger partial charge < -0.3 is 11.1 Å². The van der Waals surface area contributed by atoms with Crippen molar-refractivity contribution in [2.24, 2.45) is 12.8 Å². The van der Waals surface area contributed by atoms with E-state index in [0.29, 0.717) is 28.1 Å². The summed E-state index contributed by atoms with van der Waals surface area (Å²) in [5, 5.41) is 13.9. The molecule has 0 saturated heterocycles. The van der Waals surface area contributed by atoms with E-state index in [-0.39, 0.29) is 26.5 Å². The van der Waals surface area contributed by atoms with Crippen molar-refractivity contribution in [3.05, 3.63) is 70.4 Å². The first-order chi connectivity index (χ1) is 17.6. The molecule has 0 spiro atoms. The van der Waals surface area contributed by atoms with Gasteiger partial charge in [-0.05, 0) is 48.9 Å². The number of anilines is 1. The molecule has 9 nitrogen and oxygen atoms in total. The van der Waals surface area contributed by atoms with Gasteiger partial charge in [-0.1, -0.05) is 0 Å². The molecule has 37 heavy (non-hydrogen) atoms. The lowest BCUT2D eigenvalue weighted by Crippen LogP contribution is -2.17. The number of fused-ring (bicyclic) bond motifs is 1. The number of aryl methyl sites for hydroxylation is 2. The van der Waals surface area contributed by atoms with Crippen LogP contribution in [0, 0.1) is 12.7 Å². The smallest absolute Gasteiger partial charge is 0.280 e. The second-order valence-corrected chi connectivity index (χ2v) is 9.17. The molecule has 0 radical (unpaired) electrons. The third-order valence-corrected chi connectivity index (χ3v) is 6.73. The standard InChI is InChI=1S/C24H18F3N7O2S/c1-10-14(9-34(2)33-10)13-7-16(21(26)27)29-24-18(13)19(20(37-24)22(28)35)30-23(36)17-8-15(31-32-17)11-3-5-12(25)6-4-11/h3-9,21H,1-2H3,(H2,28,35)(H,30,36)(H,31,32). The number of thiophene rings is 1. The molecule has 4 N–H and O–H groups in total. The van der Waals surface area contributed by atoms with Crippen molar-refractivity contribution in [1.29, 1.82) is 0 Å². The Morgan fingerprint density at radius 2 is 1.89 bits per heavy atom. The molecule has 13 heteroatoms. The highest BCUT2D eigenvalue weighted by molar-refractivity contribution is 7.21. The van der Waals surface area contributed by atoms with Gasteiger partial charge in [-0.25, -0.2) is 18.2 Å². The fraction of sp³-hybridized carbons (Fsp3) is 0.125. The van der Waals surface area contributed by atoms with Gasteiger partial charge in [0.15, 0.2) is 0 Å². The van der Waals surface area contributed by atoms with E-state index in [9.17, 15) is 22.8 Å². The van der Waals surface area contributed by atoms with Crippen LogP contribution in [0.15, 0.2) is 42.6 Å². The number of hydrogen-bond acceptors (Lipinski definition) is 6. The lowest BCUT2D eigenvalue weighted by atomic mass is 10.0. The second-order valence-electron chi connectivity index (χ2n) is 8.18. The lowest BCUT2D eigenvalue weighted by molar-refractivity contribution is 0.100. The third-order valence-electron chi connectivity index (χ3n) is 5.63. The van der Waals surface area contributed by atoms with Crippen molar-refractivity contribution in [3.63, 3.8) is 0 Å². The van der Waals surface area contributed by atoms with Crippen LogP contribution in [0.1, 0.15) is 38.0 Å². The number of rotatable bonds is 6. The maximum absolute atomic E-state index is 13.7. The number of carbonyl (C=O) groups excluding carboxylic acids is 2. The van der Waals surface area contributed by atoms with Crippen LogP contribution in [-0.2, 0) is 7.05 Å². The molecule has 0 unspecified atom stereocenters. The van der Waals surface area contributed by atoms with Crippen LogP contribution in [0.3, 0.4) is 0 Å². The summed E-state index contributed by atoms with van der Waals surface area (Å²) in [5.74, 6) is -1.93. The highest BCUT2D eigenvalue weighted by atomic mass is 32.1. The van der Waals surface area contributed by atoms with Gasteiger partial charge in [-0.3, -0.25) is 19.4 Å². The van der Waals surface area contributed by atoms with Crippen LogP contribution in [0.2, 0.25) is 0 Å². The molecular weight excluding hydrogens is 507 g/mol. The van der Waals surface area contributed by atoms with E-state index < -0.39 is 29.8 Å². The first kappa shape index (κ1) is 24.2. The van der Waals surface area contributed by atoms with Crippen LogP contribution in [-0.4, -0.2) is 36.8 Å². The molecule has 5 rings (SSSR count). The lowest BCUT2D eigenvalue weighted by Gasteiger charge is -2.10. The average Bonchev–Trinajstić information content (AvgIpc) is 3.56. The van der Waals surface area contributed by atoms with Crippen molar-refractivity contribution in [2.75, 3.05) is 5.32 Å². The van der Waals surface area contributed by atoms with Crippen LogP contribution >= 0.6 is 11.3 Å². The number of benzene rings is 1. The molecule has 188 valence electrons. The highest BCUT2D eigenvalue weighted by Gasteiger charge is 2.26. The van der Waals surface area contributed by atoms with Crippen molar-refractivity contribution in [1.82, 2.24) is 25.0 Å². The number of halogens is 3. The predicted octanol–water partition coefficient (Wildman–Crippen LogP) is 4.82. The molecule has 0 atom stereocenters. The van der Waals surface area contributed by atoms with Crippen molar-refractivity contribution in [3.8, 4) is 22.4 Å². The first-order valence-electron chi connectivity index (χ1n) is 10.8. The van der Waals surface area contributed by atoms with E-state index in [1.54, 1.807) is 20.2 Å². The normalized spacial score (nSPS) is 11.4. The molecule has 4 heterocycles. The molecule has 0 bridgehead atoms. The Kier molecular flexibility index (Phi) is 5.99. The first-order valence-corrected chi connectivity index (χ1v) is 11.6. The zero-order chi connectivity index (χ0) is 26.4. The topological polar surface area (TPSA) is 132 Å². The minimum absolute atomic E-state index is 0.0435. The molecule has 0 saturated carbocycles. The van der Waals surface area contributed by atoms with Gasteiger partial charge in [0.25, 0.3) is 18.2 Å². The summed E-state index contributed by atoms with van der Waals surface area (Å²) in [6.45, 7) is 1.71. The molecule has 4 aromatic heterocycles. The van der Waals surface area contributed by atoms with E-state index in [4.69, 9.17) is 5.73 Å². The van der Waals surface area contributed by atoms with E-state index in [2.05, 4.69) is 25.6 Å². The number of amides is 2. The van der Waals surface area contributed by atoms with Crippen LogP contribution in [0.25, 0.3) is 32.6 Å². The monoisotopic (exact) mass is 525 g/mol. The molecule has 0 fully saturated rings. The quantitative estimate of drug-likeness (QED) is 0.292. The Labute approximate surface area is 211 Å². The maximum atomic E-state index is 13.7. The third kappa shape index (κ3) is 4.44. The Balaban J connectivity index is 1.63. The summed E-state index contributed by atoms with van der Waals surface area (Å²) in [6.07, 6.45) is -1.22. The summed E-state index contributed by atoms with van der Waals surface area (Å²) in [5.41, 5.74) is 7.56. The fourth-order valence-electron chi connectivity index (χ4n) is 3.99. The summed E-state index contributed by atoms with van der Waals surface area (Å²) in [4.78, 5) is 29.6. The van der Waals surface area contributed by atoms with Gasteiger partial charge >= 0.3 is 0 Å². The van der Waals surface area contributed by atoms with E-state index >= 15 is 0 Å². The minimum Gasteiger partial charge on any atom is -0.365 e. The van der Waals surface area contributed by atoms with Crippen LogP contribution < -0.4 is 11.1 Å². The average molecular weight is 526 g/mol.